The summed E-state index contributed by atoms with van der Waals surface area (Å²) in [6.45, 7) is 0. The Bertz CT molecular complexity index is 871. The van der Waals surface area contributed by atoms with Crippen LogP contribution in [0.1, 0.15) is 20.2 Å². The first-order valence-corrected chi connectivity index (χ1v) is 7.40. The Hall–Kier alpha value is -2.38. The van der Waals surface area contributed by atoms with E-state index in [1.54, 1.807) is 24.3 Å². The van der Waals surface area contributed by atoms with Crippen LogP contribution >= 0.6 is 22.9 Å². The topological polar surface area (TPSA) is 84.1 Å². The number of esters is 1. The number of nitrogens with one attached hydrogen (secondary N) is 2. The maximum absolute atomic E-state index is 12.2. The lowest BCUT2D eigenvalue weighted by Crippen LogP contribution is -2.11. The normalized spacial score (nSPS) is 10.6. The molecule has 0 spiro atoms. The molecule has 0 aliphatic rings. The van der Waals surface area contributed by atoms with E-state index in [-0.39, 0.29) is 5.91 Å². The number of hydrogen-bond donors (Lipinski definition) is 2. The number of thiazole rings is 1. The molecule has 2 aromatic heterocycles. The SMILES string of the molecule is COC(=O)c1cnc(NC(=O)c2cc3cc(Cl)ccc3[nH]2)s1. The lowest BCUT2D eigenvalue weighted by Gasteiger charge is -1.98. The number of nitrogens with zero attached hydrogens (tertiary/aromatic N) is 1. The summed E-state index contributed by atoms with van der Waals surface area (Å²) in [5.41, 5.74) is 1.19. The first-order valence-electron chi connectivity index (χ1n) is 6.20. The van der Waals surface area contributed by atoms with Crippen molar-refractivity contribution in [3.8, 4) is 0 Å². The molecule has 0 unspecified atom stereocenters. The van der Waals surface area contributed by atoms with Crippen molar-refractivity contribution >= 4 is 50.8 Å². The Kier molecular flexibility index (Phi) is 3.82. The van der Waals surface area contributed by atoms with Crippen LogP contribution in [0.3, 0.4) is 0 Å². The first kappa shape index (κ1) is 14.6. The van der Waals surface area contributed by atoms with Gasteiger partial charge in [0.05, 0.1) is 13.3 Å². The number of H-pyrrole nitrogens is 1. The summed E-state index contributed by atoms with van der Waals surface area (Å²) < 4.78 is 4.59. The molecule has 8 heteroatoms. The molecule has 0 aliphatic heterocycles. The van der Waals surface area contributed by atoms with E-state index in [9.17, 15) is 9.59 Å². The molecule has 112 valence electrons. The molecule has 3 aromatic rings. The number of anilines is 1. The molecule has 0 bridgehead atoms. The molecule has 0 saturated carbocycles. The van der Waals surface area contributed by atoms with Gasteiger partial charge in [0.25, 0.3) is 5.91 Å². The molecular weight excluding hydrogens is 326 g/mol. The van der Waals surface area contributed by atoms with Crippen LogP contribution in [0.5, 0.6) is 0 Å². The molecule has 1 amide bonds. The third-order valence-corrected chi connectivity index (χ3v) is 4.07. The molecule has 1 aromatic carbocycles. The molecule has 0 atom stereocenters. The number of benzene rings is 1. The highest BCUT2D eigenvalue weighted by Crippen LogP contribution is 2.22. The fraction of sp³-hybridized carbons (Fsp3) is 0.0714. The number of aromatic nitrogens is 2. The second kappa shape index (κ2) is 5.78. The van der Waals surface area contributed by atoms with Gasteiger partial charge in [-0.1, -0.05) is 22.9 Å². The molecule has 0 radical (unpaired) electrons. The minimum absolute atomic E-state index is 0.321. The van der Waals surface area contributed by atoms with Crippen LogP contribution in [0.4, 0.5) is 5.13 Å². The maximum Gasteiger partial charge on any atom is 0.349 e. The van der Waals surface area contributed by atoms with Crippen molar-refractivity contribution in [3.63, 3.8) is 0 Å². The Morgan fingerprint density at radius 3 is 2.95 bits per heavy atom. The molecule has 0 saturated heterocycles. The number of rotatable bonds is 3. The largest absolute Gasteiger partial charge is 0.465 e. The quantitative estimate of drug-likeness (QED) is 0.719. The number of amides is 1. The van der Waals surface area contributed by atoms with Crippen molar-refractivity contribution in [2.75, 3.05) is 12.4 Å². The summed E-state index contributed by atoms with van der Waals surface area (Å²) in [4.78, 5) is 30.8. The number of ether oxygens (including phenoxy) is 1. The molecule has 0 fully saturated rings. The van der Waals surface area contributed by atoms with Crippen molar-refractivity contribution in [1.29, 1.82) is 0 Å². The van der Waals surface area contributed by atoms with E-state index in [2.05, 4.69) is 20.0 Å². The van der Waals surface area contributed by atoms with Gasteiger partial charge in [-0.3, -0.25) is 10.1 Å². The highest BCUT2D eigenvalue weighted by Gasteiger charge is 2.14. The number of hydrogen-bond acceptors (Lipinski definition) is 5. The van der Waals surface area contributed by atoms with Crippen LogP contribution in [0.25, 0.3) is 10.9 Å². The number of methoxy groups -OCH3 is 1. The second-order valence-electron chi connectivity index (χ2n) is 4.39. The van der Waals surface area contributed by atoms with Crippen LogP contribution < -0.4 is 5.32 Å². The van der Waals surface area contributed by atoms with Crippen molar-refractivity contribution in [3.05, 3.63) is 46.1 Å². The maximum atomic E-state index is 12.2. The van der Waals surface area contributed by atoms with Gasteiger partial charge in [0.1, 0.15) is 10.6 Å². The summed E-state index contributed by atoms with van der Waals surface area (Å²) in [5, 5.41) is 4.39. The number of carbonyl (C=O) groups is 2. The van der Waals surface area contributed by atoms with Crippen molar-refractivity contribution < 1.29 is 14.3 Å². The zero-order valence-electron chi connectivity index (χ0n) is 11.3. The average Bonchev–Trinajstić information content (AvgIpc) is 3.12. The van der Waals surface area contributed by atoms with E-state index in [0.29, 0.717) is 20.7 Å². The van der Waals surface area contributed by atoms with Gasteiger partial charge < -0.3 is 9.72 Å². The fourth-order valence-electron chi connectivity index (χ4n) is 1.92. The summed E-state index contributed by atoms with van der Waals surface area (Å²) in [7, 11) is 1.29. The molecule has 22 heavy (non-hydrogen) atoms. The van der Waals surface area contributed by atoms with E-state index < -0.39 is 5.97 Å². The highest BCUT2D eigenvalue weighted by molar-refractivity contribution is 7.17. The number of halogens is 1. The predicted molar refractivity (Wildman–Crippen MR) is 84.7 cm³/mol. The van der Waals surface area contributed by atoms with E-state index in [0.717, 1.165) is 22.2 Å². The molecule has 2 heterocycles. The van der Waals surface area contributed by atoms with Gasteiger partial charge in [0, 0.05) is 15.9 Å². The average molecular weight is 336 g/mol. The van der Waals surface area contributed by atoms with Gasteiger partial charge >= 0.3 is 5.97 Å². The standard InChI is InChI=1S/C14H10ClN3O3S/c1-21-13(20)11-6-16-14(22-11)18-12(19)10-5-7-4-8(15)2-3-9(7)17-10/h2-6,17H,1H3,(H,16,18,19). The molecule has 2 N–H and O–H groups in total. The second-order valence-corrected chi connectivity index (χ2v) is 5.86. The lowest BCUT2D eigenvalue weighted by molar-refractivity contribution is 0.0606. The Morgan fingerprint density at radius 1 is 1.36 bits per heavy atom. The van der Waals surface area contributed by atoms with Gasteiger partial charge in [-0.15, -0.1) is 0 Å². The van der Waals surface area contributed by atoms with Gasteiger partial charge in [-0.05, 0) is 24.3 Å². The summed E-state index contributed by atoms with van der Waals surface area (Å²) >= 11 is 6.96. The van der Waals surface area contributed by atoms with Crippen LogP contribution in [0.15, 0.2) is 30.5 Å². The minimum atomic E-state index is -0.488. The van der Waals surface area contributed by atoms with Gasteiger partial charge in [-0.25, -0.2) is 9.78 Å². The van der Waals surface area contributed by atoms with Crippen LogP contribution in [-0.4, -0.2) is 29.0 Å². The van der Waals surface area contributed by atoms with Crippen LogP contribution in [0.2, 0.25) is 5.02 Å². The third-order valence-electron chi connectivity index (χ3n) is 2.94. The predicted octanol–water partition coefficient (Wildman–Crippen LogP) is 3.32. The summed E-state index contributed by atoms with van der Waals surface area (Å²) in [5.74, 6) is -0.837. The van der Waals surface area contributed by atoms with E-state index in [4.69, 9.17) is 11.6 Å². The number of aromatic amines is 1. The smallest absolute Gasteiger partial charge is 0.349 e. The number of carbonyl (C=O) groups excluding carboxylic acids is 2. The highest BCUT2D eigenvalue weighted by atomic mass is 35.5. The Morgan fingerprint density at radius 2 is 2.18 bits per heavy atom. The van der Waals surface area contributed by atoms with Crippen LogP contribution in [0, 0.1) is 0 Å². The van der Waals surface area contributed by atoms with Gasteiger partial charge in [-0.2, -0.15) is 0 Å². The Balaban J connectivity index is 1.80. The summed E-state index contributed by atoms with van der Waals surface area (Å²) in [6.07, 6.45) is 1.36. The first-order chi connectivity index (χ1) is 10.6. The van der Waals surface area contributed by atoms with Crippen molar-refractivity contribution in [2.45, 2.75) is 0 Å². The third kappa shape index (κ3) is 2.81. The van der Waals surface area contributed by atoms with Crippen molar-refractivity contribution in [1.82, 2.24) is 9.97 Å². The molecule has 3 rings (SSSR count). The van der Waals surface area contributed by atoms with Gasteiger partial charge in [0.15, 0.2) is 5.13 Å². The number of fused-ring (bicyclic) bond motifs is 1. The fourth-order valence-corrected chi connectivity index (χ4v) is 2.83. The van der Waals surface area contributed by atoms with Crippen LogP contribution in [-0.2, 0) is 4.74 Å². The van der Waals surface area contributed by atoms with E-state index >= 15 is 0 Å². The molecular formula is C14H10ClN3O3S. The Labute approximate surface area is 134 Å². The van der Waals surface area contributed by atoms with Crippen molar-refractivity contribution in [2.24, 2.45) is 0 Å². The lowest BCUT2D eigenvalue weighted by atomic mass is 10.2. The van der Waals surface area contributed by atoms with Gasteiger partial charge in [0.2, 0.25) is 0 Å². The minimum Gasteiger partial charge on any atom is -0.465 e. The monoisotopic (exact) mass is 335 g/mol. The summed E-state index contributed by atoms with van der Waals surface area (Å²) in [6, 6.07) is 7.01. The zero-order valence-corrected chi connectivity index (χ0v) is 12.9. The van der Waals surface area contributed by atoms with E-state index in [1.165, 1.54) is 13.3 Å². The van der Waals surface area contributed by atoms with E-state index in [1.807, 2.05) is 0 Å². The molecule has 6 nitrogen and oxygen atoms in total. The molecule has 0 aliphatic carbocycles. The zero-order chi connectivity index (χ0) is 15.7.